The minimum absolute atomic E-state index is 0.0430. The first-order chi connectivity index (χ1) is 16.8. The third-order valence-corrected chi connectivity index (χ3v) is 4.72. The van der Waals surface area contributed by atoms with E-state index in [1.165, 1.54) is 42.2 Å². The van der Waals surface area contributed by atoms with Crippen LogP contribution in [0.2, 0.25) is 0 Å². The summed E-state index contributed by atoms with van der Waals surface area (Å²) in [6.45, 7) is 9.46. The number of allylic oxidation sites excluding steroid dienone is 1. The molecule has 11 heteroatoms. The van der Waals surface area contributed by atoms with Gasteiger partial charge in [0.2, 0.25) is 11.8 Å². The van der Waals surface area contributed by atoms with E-state index in [-0.39, 0.29) is 31.0 Å². The number of alkyl carbamates (subject to hydrolysis) is 1. The Kier molecular flexibility index (Phi) is 12.4. The molecule has 0 fully saturated rings. The van der Waals surface area contributed by atoms with Crippen LogP contribution in [0.5, 0.6) is 0 Å². The van der Waals surface area contributed by atoms with Gasteiger partial charge in [-0.15, -0.1) is 0 Å². The van der Waals surface area contributed by atoms with E-state index in [0.29, 0.717) is 12.5 Å². The molecule has 200 valence electrons. The Labute approximate surface area is 211 Å². The summed E-state index contributed by atoms with van der Waals surface area (Å²) in [6.07, 6.45) is 4.58. The van der Waals surface area contributed by atoms with E-state index in [4.69, 9.17) is 4.74 Å². The highest BCUT2D eigenvalue weighted by Gasteiger charge is 2.25. The van der Waals surface area contributed by atoms with Gasteiger partial charge in [-0.25, -0.2) is 9.59 Å². The molecule has 1 aromatic rings. The molecule has 11 nitrogen and oxygen atoms in total. The van der Waals surface area contributed by atoms with Crippen LogP contribution in [0.3, 0.4) is 0 Å². The fourth-order valence-corrected chi connectivity index (χ4v) is 2.92. The van der Waals surface area contributed by atoms with Gasteiger partial charge < -0.3 is 30.0 Å². The molecule has 1 heterocycles. The largest absolute Gasteiger partial charge is 0.466 e. The number of hydrogen-bond acceptors (Lipinski definition) is 7. The van der Waals surface area contributed by atoms with E-state index in [2.05, 4.69) is 20.7 Å². The predicted molar refractivity (Wildman–Crippen MR) is 135 cm³/mol. The van der Waals surface area contributed by atoms with Crippen molar-refractivity contribution >= 4 is 29.6 Å². The zero-order valence-corrected chi connectivity index (χ0v) is 21.9. The molecule has 1 aromatic heterocycles. The molecule has 0 saturated carbocycles. The highest BCUT2D eigenvalue weighted by atomic mass is 16.6. The SMILES string of the molecule is COC(=O)/C=C/CC[C@H](NC(=O)OC(C)(C)C)C(=O)Nc1cccn(CC(=O)NCCC(C)C)c1=O. The molecule has 1 rings (SSSR count). The van der Waals surface area contributed by atoms with Crippen molar-refractivity contribution in [2.75, 3.05) is 19.0 Å². The summed E-state index contributed by atoms with van der Waals surface area (Å²) < 4.78 is 10.9. The number of carbonyl (C=O) groups is 4. The van der Waals surface area contributed by atoms with Crippen molar-refractivity contribution in [2.24, 2.45) is 5.92 Å². The number of methoxy groups -OCH3 is 1. The second kappa shape index (κ2) is 14.7. The lowest BCUT2D eigenvalue weighted by molar-refractivity contribution is -0.134. The van der Waals surface area contributed by atoms with Gasteiger partial charge in [-0.1, -0.05) is 19.9 Å². The molecule has 3 N–H and O–H groups in total. The molecular weight excluding hydrogens is 468 g/mol. The van der Waals surface area contributed by atoms with Gasteiger partial charge in [-0.3, -0.25) is 14.4 Å². The highest BCUT2D eigenvalue weighted by molar-refractivity contribution is 5.96. The summed E-state index contributed by atoms with van der Waals surface area (Å²) in [5.74, 6) is -1.08. The molecule has 36 heavy (non-hydrogen) atoms. The van der Waals surface area contributed by atoms with Crippen molar-refractivity contribution in [2.45, 2.75) is 72.1 Å². The van der Waals surface area contributed by atoms with Crippen LogP contribution in [0.1, 0.15) is 53.9 Å². The number of nitrogens with one attached hydrogen (secondary N) is 3. The molecule has 0 saturated heterocycles. The Bertz CT molecular complexity index is 993. The van der Waals surface area contributed by atoms with Gasteiger partial charge in [-0.2, -0.15) is 0 Å². The molecule has 3 amide bonds. The first kappa shape index (κ1) is 30.4. The molecule has 0 spiro atoms. The number of esters is 1. The number of anilines is 1. The van der Waals surface area contributed by atoms with Crippen LogP contribution in [-0.2, 0) is 30.4 Å². The smallest absolute Gasteiger partial charge is 0.408 e. The maximum atomic E-state index is 13.0. The second-order valence-electron chi connectivity index (χ2n) is 9.58. The first-order valence-corrected chi connectivity index (χ1v) is 11.8. The molecule has 0 aliphatic heterocycles. The molecular formula is C25H38N4O7. The van der Waals surface area contributed by atoms with Crippen molar-refractivity contribution in [3.8, 4) is 0 Å². The lowest BCUT2D eigenvalue weighted by Gasteiger charge is -2.23. The second-order valence-corrected chi connectivity index (χ2v) is 9.58. The summed E-state index contributed by atoms with van der Waals surface area (Å²) >= 11 is 0. The molecule has 0 radical (unpaired) electrons. The number of ether oxygens (including phenoxy) is 2. The Morgan fingerprint density at radius 3 is 2.44 bits per heavy atom. The van der Waals surface area contributed by atoms with E-state index >= 15 is 0 Å². The van der Waals surface area contributed by atoms with Crippen LogP contribution in [0.15, 0.2) is 35.3 Å². The third-order valence-electron chi connectivity index (χ3n) is 4.72. The zero-order valence-electron chi connectivity index (χ0n) is 21.9. The Balaban J connectivity index is 2.94. The fraction of sp³-hybridized carbons (Fsp3) is 0.560. The quantitative estimate of drug-likeness (QED) is 0.291. The summed E-state index contributed by atoms with van der Waals surface area (Å²) in [6, 6.07) is 1.89. The van der Waals surface area contributed by atoms with Gasteiger partial charge in [0, 0.05) is 18.8 Å². The fourth-order valence-electron chi connectivity index (χ4n) is 2.92. The van der Waals surface area contributed by atoms with Gasteiger partial charge >= 0.3 is 12.1 Å². The minimum atomic E-state index is -1.06. The average molecular weight is 507 g/mol. The number of aromatic nitrogens is 1. The van der Waals surface area contributed by atoms with E-state index in [0.717, 1.165) is 6.42 Å². The molecule has 0 aliphatic carbocycles. The Morgan fingerprint density at radius 1 is 1.14 bits per heavy atom. The minimum Gasteiger partial charge on any atom is -0.466 e. The lowest BCUT2D eigenvalue weighted by atomic mass is 10.1. The predicted octanol–water partition coefficient (Wildman–Crippen LogP) is 2.35. The van der Waals surface area contributed by atoms with Crippen LogP contribution in [-0.4, -0.2) is 53.7 Å². The molecule has 0 aliphatic rings. The topological polar surface area (TPSA) is 145 Å². The third kappa shape index (κ3) is 12.2. The molecule has 0 bridgehead atoms. The number of nitrogens with zero attached hydrogens (tertiary/aromatic N) is 1. The Morgan fingerprint density at radius 2 is 1.83 bits per heavy atom. The standard InChI is InChI=1S/C25H38N4O7/c1-17(2)13-14-26-20(30)16-29-15-9-11-19(23(29)33)27-22(32)18(10-7-8-12-21(31)35-6)28-24(34)36-25(3,4)5/h8-9,11-12,15,17-18H,7,10,13-14,16H2,1-6H3,(H,26,30)(H,27,32)(H,28,34)/b12-8+/t18-/m0/s1. The number of amides is 3. The molecule has 0 aromatic carbocycles. The Hall–Kier alpha value is -3.63. The van der Waals surface area contributed by atoms with Gasteiger partial charge in [0.15, 0.2) is 0 Å². The van der Waals surface area contributed by atoms with Gasteiger partial charge in [0.25, 0.3) is 5.56 Å². The van der Waals surface area contributed by atoms with Crippen LogP contribution >= 0.6 is 0 Å². The number of carbonyl (C=O) groups excluding carboxylic acids is 4. The maximum Gasteiger partial charge on any atom is 0.408 e. The molecule has 1 atom stereocenters. The van der Waals surface area contributed by atoms with Crippen LogP contribution in [0.4, 0.5) is 10.5 Å². The summed E-state index contributed by atoms with van der Waals surface area (Å²) in [5.41, 5.74) is -1.39. The highest BCUT2D eigenvalue weighted by Crippen LogP contribution is 2.09. The van der Waals surface area contributed by atoms with Crippen molar-refractivity contribution in [3.63, 3.8) is 0 Å². The van der Waals surface area contributed by atoms with Gasteiger partial charge in [0.1, 0.15) is 23.9 Å². The average Bonchev–Trinajstić information content (AvgIpc) is 2.76. The molecule has 0 unspecified atom stereocenters. The van der Waals surface area contributed by atoms with E-state index in [1.54, 1.807) is 20.8 Å². The number of rotatable bonds is 12. The zero-order chi connectivity index (χ0) is 27.3. The van der Waals surface area contributed by atoms with E-state index < -0.39 is 35.2 Å². The van der Waals surface area contributed by atoms with Crippen LogP contribution < -0.4 is 21.5 Å². The number of pyridine rings is 1. The number of hydrogen-bond donors (Lipinski definition) is 3. The first-order valence-electron chi connectivity index (χ1n) is 11.8. The van der Waals surface area contributed by atoms with E-state index in [9.17, 15) is 24.0 Å². The lowest BCUT2D eigenvalue weighted by Crippen LogP contribution is -2.46. The van der Waals surface area contributed by atoms with Gasteiger partial charge in [-0.05, 0) is 58.1 Å². The van der Waals surface area contributed by atoms with E-state index in [1.807, 2.05) is 13.8 Å². The normalized spacial score (nSPS) is 12.2. The van der Waals surface area contributed by atoms with Crippen molar-refractivity contribution < 1.29 is 28.7 Å². The maximum absolute atomic E-state index is 13.0. The van der Waals surface area contributed by atoms with Crippen LogP contribution in [0, 0.1) is 5.92 Å². The van der Waals surface area contributed by atoms with Crippen molar-refractivity contribution in [3.05, 3.63) is 40.8 Å². The van der Waals surface area contributed by atoms with Crippen molar-refractivity contribution in [1.82, 2.24) is 15.2 Å². The van der Waals surface area contributed by atoms with Crippen molar-refractivity contribution in [1.29, 1.82) is 0 Å². The monoisotopic (exact) mass is 506 g/mol. The summed E-state index contributed by atoms with van der Waals surface area (Å²) in [5, 5.41) is 7.78. The van der Waals surface area contributed by atoms with Crippen LogP contribution in [0.25, 0.3) is 0 Å². The summed E-state index contributed by atoms with van der Waals surface area (Å²) in [4.78, 5) is 61.5. The van der Waals surface area contributed by atoms with Gasteiger partial charge in [0.05, 0.1) is 7.11 Å². The summed E-state index contributed by atoms with van der Waals surface area (Å²) in [7, 11) is 1.24.